The van der Waals surface area contributed by atoms with Gasteiger partial charge in [-0.25, -0.2) is 0 Å². The predicted octanol–water partition coefficient (Wildman–Crippen LogP) is -1.11. The lowest BCUT2D eigenvalue weighted by molar-refractivity contribution is -0.125. The minimum atomic E-state index is -0.288. The molecular weight excluding hydrogens is 162 g/mol. The highest BCUT2D eigenvalue weighted by Crippen LogP contribution is 1.73. The van der Waals surface area contributed by atoms with E-state index in [9.17, 15) is 4.79 Å². The summed E-state index contributed by atoms with van der Waals surface area (Å²) in [6.07, 6.45) is 0. The molecule has 70 valence electrons. The van der Waals surface area contributed by atoms with Gasteiger partial charge in [0.05, 0.1) is 6.54 Å². The first-order valence-corrected chi connectivity index (χ1v) is 3.51. The van der Waals surface area contributed by atoms with Crippen molar-refractivity contribution in [3.8, 4) is 0 Å². The number of ether oxygens (including phenoxy) is 1. The van der Waals surface area contributed by atoms with Crippen LogP contribution in [-0.2, 0) is 9.53 Å². The Morgan fingerprint density at radius 3 is 2.92 bits per heavy atom. The van der Waals surface area contributed by atoms with Crippen molar-refractivity contribution < 1.29 is 14.7 Å². The summed E-state index contributed by atoms with van der Waals surface area (Å²) in [5.41, 5.74) is 5.09. The van der Waals surface area contributed by atoms with E-state index < -0.39 is 0 Å². The fourth-order valence-electron chi connectivity index (χ4n) is 0.470. The number of nitrogens with two attached hydrogens (primary N) is 1. The average Bonchev–Trinajstić information content (AvgIpc) is 2.10. The Labute approximate surface area is 70.4 Å². The van der Waals surface area contributed by atoms with Crippen molar-refractivity contribution in [1.29, 1.82) is 0 Å². The van der Waals surface area contributed by atoms with Crippen molar-refractivity contribution in [3.63, 3.8) is 0 Å². The fourth-order valence-corrected chi connectivity index (χ4v) is 0.470. The van der Waals surface area contributed by atoms with Gasteiger partial charge >= 0.3 is 0 Å². The van der Waals surface area contributed by atoms with Crippen molar-refractivity contribution in [2.45, 2.75) is 6.92 Å². The number of carbonyl (C=O) groups is 1. The van der Waals surface area contributed by atoms with E-state index in [2.05, 4.69) is 10.5 Å². The molecule has 4 N–H and O–H groups in total. The molecule has 0 saturated carbocycles. The van der Waals surface area contributed by atoms with Crippen molar-refractivity contribution >= 4 is 11.7 Å². The summed E-state index contributed by atoms with van der Waals surface area (Å²) < 4.78 is 4.81. The van der Waals surface area contributed by atoms with Crippen molar-refractivity contribution in [1.82, 2.24) is 5.32 Å². The number of nitrogens with zero attached hydrogens (tertiary/aromatic N) is 1. The summed E-state index contributed by atoms with van der Waals surface area (Å²) in [6, 6.07) is 0. The molecule has 0 aromatic rings. The summed E-state index contributed by atoms with van der Waals surface area (Å²) >= 11 is 0. The van der Waals surface area contributed by atoms with Crippen LogP contribution < -0.4 is 11.1 Å². The number of amides is 1. The number of oxime groups is 1. The van der Waals surface area contributed by atoms with Crippen molar-refractivity contribution in [2.24, 2.45) is 10.9 Å². The Morgan fingerprint density at radius 2 is 2.42 bits per heavy atom. The summed E-state index contributed by atoms with van der Waals surface area (Å²) in [7, 11) is 0. The van der Waals surface area contributed by atoms with Crippen LogP contribution in [0.1, 0.15) is 6.92 Å². The van der Waals surface area contributed by atoms with Crippen LogP contribution in [0.25, 0.3) is 0 Å². The Morgan fingerprint density at radius 1 is 1.75 bits per heavy atom. The quantitative estimate of drug-likeness (QED) is 0.213. The van der Waals surface area contributed by atoms with Crippen LogP contribution in [0.4, 0.5) is 0 Å². The largest absolute Gasteiger partial charge is 0.409 e. The molecule has 0 fully saturated rings. The molecule has 6 nitrogen and oxygen atoms in total. The lowest BCUT2D eigenvalue weighted by Gasteiger charge is -2.02. The van der Waals surface area contributed by atoms with E-state index in [1.807, 2.05) is 0 Å². The van der Waals surface area contributed by atoms with E-state index in [0.717, 1.165) is 0 Å². The van der Waals surface area contributed by atoms with E-state index in [1.54, 1.807) is 6.92 Å². The molecule has 0 bridgehead atoms. The van der Waals surface area contributed by atoms with E-state index in [4.69, 9.17) is 15.7 Å². The number of hydrogen-bond acceptors (Lipinski definition) is 4. The molecule has 0 rings (SSSR count). The van der Waals surface area contributed by atoms with Crippen LogP contribution in [-0.4, -0.2) is 36.7 Å². The summed E-state index contributed by atoms with van der Waals surface area (Å²) in [4.78, 5) is 10.8. The van der Waals surface area contributed by atoms with Gasteiger partial charge in [0.25, 0.3) is 0 Å². The molecule has 0 aromatic heterocycles. The second-order valence-electron chi connectivity index (χ2n) is 2.01. The number of amidine groups is 1. The Bertz CT molecular complexity index is 169. The SMILES string of the molecule is CCOCC(=O)NC/C(N)=N/O. The number of nitrogens with one attached hydrogen (secondary N) is 1. The number of hydrogen-bond donors (Lipinski definition) is 3. The molecule has 0 radical (unpaired) electrons. The molecule has 0 saturated heterocycles. The third-order valence-electron chi connectivity index (χ3n) is 1.03. The summed E-state index contributed by atoms with van der Waals surface area (Å²) in [5, 5.41) is 13.2. The van der Waals surface area contributed by atoms with E-state index in [1.165, 1.54) is 0 Å². The molecule has 12 heavy (non-hydrogen) atoms. The summed E-state index contributed by atoms with van der Waals surface area (Å²) in [6.45, 7) is 2.30. The zero-order chi connectivity index (χ0) is 9.40. The predicted molar refractivity (Wildman–Crippen MR) is 42.9 cm³/mol. The molecule has 0 heterocycles. The van der Waals surface area contributed by atoms with E-state index >= 15 is 0 Å². The molecule has 0 atom stereocenters. The highest BCUT2D eigenvalue weighted by atomic mass is 16.5. The fraction of sp³-hybridized carbons (Fsp3) is 0.667. The number of rotatable bonds is 5. The van der Waals surface area contributed by atoms with Crippen LogP contribution in [0.5, 0.6) is 0 Å². The molecule has 1 amide bonds. The Balaban J connectivity index is 3.44. The number of carbonyl (C=O) groups excluding carboxylic acids is 1. The smallest absolute Gasteiger partial charge is 0.246 e. The highest BCUT2D eigenvalue weighted by molar-refractivity contribution is 5.87. The van der Waals surface area contributed by atoms with Crippen LogP contribution in [0.15, 0.2) is 5.16 Å². The topological polar surface area (TPSA) is 96.9 Å². The van der Waals surface area contributed by atoms with Gasteiger partial charge in [-0.2, -0.15) is 0 Å². The molecule has 0 aliphatic heterocycles. The van der Waals surface area contributed by atoms with Gasteiger partial charge in [-0.1, -0.05) is 5.16 Å². The van der Waals surface area contributed by atoms with Crippen molar-refractivity contribution in [2.75, 3.05) is 19.8 Å². The first-order chi connectivity index (χ1) is 5.70. The van der Waals surface area contributed by atoms with E-state index in [0.29, 0.717) is 6.61 Å². The Kier molecular flexibility index (Phi) is 5.72. The van der Waals surface area contributed by atoms with E-state index in [-0.39, 0.29) is 24.9 Å². The van der Waals surface area contributed by atoms with Gasteiger partial charge < -0.3 is 21.0 Å². The van der Waals surface area contributed by atoms with Crippen LogP contribution in [0.3, 0.4) is 0 Å². The van der Waals surface area contributed by atoms with Gasteiger partial charge in [0.15, 0.2) is 5.84 Å². The first-order valence-electron chi connectivity index (χ1n) is 3.51. The molecule has 0 aromatic carbocycles. The zero-order valence-electron chi connectivity index (χ0n) is 6.91. The van der Waals surface area contributed by atoms with Gasteiger partial charge in [0.2, 0.25) is 5.91 Å². The standard InChI is InChI=1S/C6H13N3O3/c1-2-12-4-6(10)8-3-5(7)9-11/h11H,2-4H2,1H3,(H2,7,9)(H,8,10). The zero-order valence-corrected chi connectivity index (χ0v) is 6.91. The van der Waals surface area contributed by atoms with Crippen molar-refractivity contribution in [3.05, 3.63) is 0 Å². The lowest BCUT2D eigenvalue weighted by Crippen LogP contribution is -2.35. The normalized spacial score (nSPS) is 11.2. The first kappa shape index (κ1) is 10.7. The average molecular weight is 175 g/mol. The molecule has 0 aliphatic carbocycles. The maximum atomic E-state index is 10.8. The third kappa shape index (κ3) is 5.48. The monoisotopic (exact) mass is 175 g/mol. The van der Waals surface area contributed by atoms with Crippen LogP contribution in [0, 0.1) is 0 Å². The molecule has 0 aliphatic rings. The third-order valence-corrected chi connectivity index (χ3v) is 1.03. The molecule has 0 unspecified atom stereocenters. The van der Waals surface area contributed by atoms with Crippen LogP contribution in [0.2, 0.25) is 0 Å². The summed E-state index contributed by atoms with van der Waals surface area (Å²) in [5.74, 6) is -0.330. The van der Waals surface area contributed by atoms with Crippen LogP contribution >= 0.6 is 0 Å². The van der Waals surface area contributed by atoms with Gasteiger partial charge in [0, 0.05) is 6.61 Å². The molecular formula is C6H13N3O3. The van der Waals surface area contributed by atoms with Gasteiger partial charge in [-0.15, -0.1) is 0 Å². The second kappa shape index (κ2) is 6.41. The minimum Gasteiger partial charge on any atom is -0.409 e. The maximum absolute atomic E-state index is 10.8. The Hall–Kier alpha value is -1.30. The van der Waals surface area contributed by atoms with Gasteiger partial charge in [-0.3, -0.25) is 4.79 Å². The highest BCUT2D eigenvalue weighted by Gasteiger charge is 2.00. The van der Waals surface area contributed by atoms with Gasteiger partial charge in [-0.05, 0) is 6.92 Å². The lowest BCUT2D eigenvalue weighted by atomic mass is 10.5. The second-order valence-corrected chi connectivity index (χ2v) is 2.01. The molecule has 6 heteroatoms. The maximum Gasteiger partial charge on any atom is 0.246 e. The van der Waals surface area contributed by atoms with Gasteiger partial charge in [0.1, 0.15) is 6.61 Å². The minimum absolute atomic E-state index is 0.00475. The molecule has 0 spiro atoms.